The van der Waals surface area contributed by atoms with Crippen LogP contribution in [0.15, 0.2) is 12.3 Å². The van der Waals surface area contributed by atoms with Gasteiger partial charge in [0.15, 0.2) is 5.69 Å². The first-order valence-corrected chi connectivity index (χ1v) is 11.4. The molecule has 0 saturated heterocycles. The third-order valence-electron chi connectivity index (χ3n) is 7.47. The molecule has 10 heteroatoms. The molecule has 2 atom stereocenters. The van der Waals surface area contributed by atoms with Gasteiger partial charge in [0.1, 0.15) is 0 Å². The van der Waals surface area contributed by atoms with Gasteiger partial charge in [0.2, 0.25) is 5.91 Å². The Morgan fingerprint density at radius 2 is 1.88 bits per heavy atom. The van der Waals surface area contributed by atoms with Gasteiger partial charge in [0.25, 0.3) is 5.91 Å². The predicted molar refractivity (Wildman–Crippen MR) is 115 cm³/mol. The number of aromatic nitrogens is 2. The number of hydrogen-bond donors (Lipinski definition) is 3. The number of alkyl halides is 3. The largest absolute Gasteiger partial charge is 0.434 e. The molecule has 4 aliphatic carbocycles. The monoisotopic (exact) mass is 468 g/mol. The molecule has 4 saturated carbocycles. The molecule has 7 nitrogen and oxygen atoms in total. The van der Waals surface area contributed by atoms with Crippen LogP contribution in [0.4, 0.5) is 13.2 Å². The zero-order valence-corrected chi connectivity index (χ0v) is 19.1. The summed E-state index contributed by atoms with van der Waals surface area (Å²) in [6.07, 6.45) is 3.14. The Labute approximate surface area is 190 Å². The molecule has 0 spiro atoms. The molecule has 1 aromatic rings. The van der Waals surface area contributed by atoms with Crippen molar-refractivity contribution in [1.29, 1.82) is 0 Å². The van der Waals surface area contributed by atoms with E-state index in [1.165, 1.54) is 13.0 Å². The van der Waals surface area contributed by atoms with E-state index in [0.29, 0.717) is 10.6 Å². The van der Waals surface area contributed by atoms with Gasteiger partial charge in [-0.15, -0.1) is 0 Å². The smallest absolute Gasteiger partial charge is 0.396 e. The van der Waals surface area contributed by atoms with Gasteiger partial charge in [-0.25, -0.2) is 4.68 Å². The Morgan fingerprint density at radius 1 is 1.24 bits per heavy atom. The van der Waals surface area contributed by atoms with E-state index in [2.05, 4.69) is 15.7 Å². The molecule has 3 N–H and O–H groups in total. The van der Waals surface area contributed by atoms with E-state index in [1.807, 2.05) is 0 Å². The SMILES string of the molecule is CC(=O)NC(C)(C)/C=C/n1ncc(C(=O)NC2C3CC4CC2CC(CO)(C4)C3)c1C(F)(F)F. The van der Waals surface area contributed by atoms with Crippen LogP contribution in [0, 0.1) is 23.2 Å². The first-order chi connectivity index (χ1) is 15.3. The fourth-order valence-electron chi connectivity index (χ4n) is 6.53. The molecular formula is C23H31F3N4O3. The normalized spacial score (nSPS) is 31.2. The lowest BCUT2D eigenvalue weighted by Gasteiger charge is -2.59. The number of aliphatic hydroxyl groups excluding tert-OH is 1. The molecule has 1 aromatic heterocycles. The lowest BCUT2D eigenvalue weighted by molar-refractivity contribution is -0.143. The van der Waals surface area contributed by atoms with Crippen molar-refractivity contribution in [1.82, 2.24) is 20.4 Å². The average molecular weight is 469 g/mol. The van der Waals surface area contributed by atoms with E-state index < -0.39 is 28.9 Å². The summed E-state index contributed by atoms with van der Waals surface area (Å²) in [5.41, 5.74) is -2.65. The summed E-state index contributed by atoms with van der Waals surface area (Å²) in [5.74, 6) is -0.225. The van der Waals surface area contributed by atoms with Crippen LogP contribution in [0.2, 0.25) is 0 Å². The van der Waals surface area contributed by atoms with E-state index >= 15 is 0 Å². The van der Waals surface area contributed by atoms with Crippen molar-refractivity contribution < 1.29 is 27.9 Å². The minimum atomic E-state index is -4.79. The summed E-state index contributed by atoms with van der Waals surface area (Å²) in [6.45, 7) is 4.73. The van der Waals surface area contributed by atoms with Gasteiger partial charge in [0, 0.05) is 25.8 Å². The lowest BCUT2D eigenvalue weighted by atomic mass is 9.48. The second-order valence-corrected chi connectivity index (χ2v) is 10.7. The Bertz CT molecular complexity index is 953. The van der Waals surface area contributed by atoms with Crippen molar-refractivity contribution in [2.75, 3.05) is 6.61 Å². The van der Waals surface area contributed by atoms with Gasteiger partial charge in [0.05, 0.1) is 17.3 Å². The molecule has 182 valence electrons. The molecule has 0 aliphatic heterocycles. The minimum absolute atomic E-state index is 0.0920. The second-order valence-electron chi connectivity index (χ2n) is 10.7. The number of aliphatic hydroxyl groups is 1. The van der Waals surface area contributed by atoms with E-state index in [-0.39, 0.29) is 35.8 Å². The van der Waals surface area contributed by atoms with Crippen molar-refractivity contribution in [3.63, 3.8) is 0 Å². The van der Waals surface area contributed by atoms with Crippen LogP contribution in [0.25, 0.3) is 6.20 Å². The Hall–Kier alpha value is -2.36. The van der Waals surface area contributed by atoms with Crippen LogP contribution in [0.1, 0.15) is 68.9 Å². The molecule has 4 bridgehead atoms. The van der Waals surface area contributed by atoms with Crippen LogP contribution in [0.3, 0.4) is 0 Å². The van der Waals surface area contributed by atoms with E-state index in [0.717, 1.165) is 44.5 Å². The summed E-state index contributed by atoms with van der Waals surface area (Å²) in [6, 6.07) is -0.188. The Kier molecular flexibility index (Phi) is 5.87. The third-order valence-corrected chi connectivity index (χ3v) is 7.47. The number of carbonyl (C=O) groups excluding carboxylic acids is 2. The number of nitrogens with zero attached hydrogens (tertiary/aromatic N) is 2. The topological polar surface area (TPSA) is 96.2 Å². The maximum atomic E-state index is 13.9. The number of nitrogens with one attached hydrogen (secondary N) is 2. The number of carbonyl (C=O) groups is 2. The average Bonchev–Trinajstić information content (AvgIpc) is 3.12. The summed E-state index contributed by atoms with van der Waals surface area (Å²) < 4.78 is 42.4. The lowest BCUT2D eigenvalue weighted by Crippen LogP contribution is -2.60. The molecule has 5 rings (SSSR count). The highest BCUT2D eigenvalue weighted by molar-refractivity contribution is 5.95. The summed E-state index contributed by atoms with van der Waals surface area (Å²) in [5, 5.41) is 19.2. The van der Waals surface area contributed by atoms with Gasteiger partial charge >= 0.3 is 6.18 Å². The van der Waals surface area contributed by atoms with E-state index in [9.17, 15) is 27.9 Å². The summed E-state index contributed by atoms with van der Waals surface area (Å²) in [7, 11) is 0. The van der Waals surface area contributed by atoms with E-state index in [4.69, 9.17) is 0 Å². The van der Waals surface area contributed by atoms with Crippen molar-refractivity contribution in [3.05, 3.63) is 23.5 Å². The van der Waals surface area contributed by atoms with Crippen molar-refractivity contribution in [3.8, 4) is 0 Å². The van der Waals surface area contributed by atoms with Crippen LogP contribution in [0.5, 0.6) is 0 Å². The molecule has 2 amide bonds. The Balaban J connectivity index is 1.56. The molecule has 4 fully saturated rings. The standard InChI is InChI=1S/C23H31F3N4O3/c1-13(32)29-21(2,3)4-5-30-19(23(24,25)26)17(11-27-30)20(33)28-18-15-6-14-7-16(18)10-22(8-14,9-15)12-31/h4-5,11,14-16,18,31H,6-10,12H2,1-3H3,(H,28,33)(H,29,32)/b5-4+. The molecule has 1 heterocycles. The van der Waals surface area contributed by atoms with Gasteiger partial charge in [-0.3, -0.25) is 9.59 Å². The Morgan fingerprint density at radius 3 is 2.42 bits per heavy atom. The zero-order valence-electron chi connectivity index (χ0n) is 19.1. The number of rotatable bonds is 6. The number of halogens is 3. The van der Waals surface area contributed by atoms with Gasteiger partial charge in [-0.1, -0.05) is 0 Å². The zero-order chi connectivity index (χ0) is 24.2. The number of hydrogen-bond acceptors (Lipinski definition) is 4. The molecular weight excluding hydrogens is 437 g/mol. The fourth-order valence-corrected chi connectivity index (χ4v) is 6.53. The third kappa shape index (κ3) is 4.67. The maximum Gasteiger partial charge on any atom is 0.434 e. The highest BCUT2D eigenvalue weighted by atomic mass is 19.4. The van der Waals surface area contributed by atoms with Gasteiger partial charge in [-0.05, 0) is 75.2 Å². The summed E-state index contributed by atoms with van der Waals surface area (Å²) in [4.78, 5) is 24.3. The highest BCUT2D eigenvalue weighted by Crippen LogP contribution is 2.59. The molecule has 4 aliphatic rings. The second kappa shape index (κ2) is 8.14. The molecule has 33 heavy (non-hydrogen) atoms. The van der Waals surface area contributed by atoms with Gasteiger partial charge < -0.3 is 15.7 Å². The van der Waals surface area contributed by atoms with Crippen molar-refractivity contribution in [2.45, 2.75) is 70.6 Å². The van der Waals surface area contributed by atoms with Gasteiger partial charge in [-0.2, -0.15) is 18.3 Å². The van der Waals surface area contributed by atoms with Crippen LogP contribution in [-0.4, -0.2) is 44.9 Å². The molecule has 0 radical (unpaired) electrons. The van der Waals surface area contributed by atoms with E-state index in [1.54, 1.807) is 13.8 Å². The quantitative estimate of drug-likeness (QED) is 0.598. The highest BCUT2D eigenvalue weighted by Gasteiger charge is 2.55. The first-order valence-electron chi connectivity index (χ1n) is 11.4. The first kappa shape index (κ1) is 23.8. The van der Waals surface area contributed by atoms with Crippen molar-refractivity contribution in [2.24, 2.45) is 23.2 Å². The van der Waals surface area contributed by atoms with Crippen LogP contribution >= 0.6 is 0 Å². The number of amides is 2. The predicted octanol–water partition coefficient (Wildman–Crippen LogP) is 3.20. The van der Waals surface area contributed by atoms with Crippen LogP contribution in [-0.2, 0) is 11.0 Å². The summed E-state index contributed by atoms with van der Waals surface area (Å²) >= 11 is 0. The fraction of sp³-hybridized carbons (Fsp3) is 0.696. The minimum Gasteiger partial charge on any atom is -0.396 e. The maximum absolute atomic E-state index is 13.9. The molecule has 2 unspecified atom stereocenters. The van der Waals surface area contributed by atoms with Crippen molar-refractivity contribution >= 4 is 18.0 Å². The molecule has 0 aromatic carbocycles. The van der Waals surface area contributed by atoms with Crippen LogP contribution < -0.4 is 10.6 Å².